The largest absolute Gasteiger partial charge is 0.497 e. The molecule has 0 aromatic heterocycles. The zero-order valence-electron chi connectivity index (χ0n) is 13.2. The van der Waals surface area contributed by atoms with Crippen LogP contribution in [0.5, 0.6) is 5.75 Å². The molecule has 0 aliphatic carbocycles. The van der Waals surface area contributed by atoms with Crippen LogP contribution in [0, 0.1) is 5.41 Å². The fourth-order valence-electron chi connectivity index (χ4n) is 3.52. The number of rotatable bonds is 7. The smallest absolute Gasteiger partial charge is 0.337 e. The van der Waals surface area contributed by atoms with Crippen molar-refractivity contribution in [1.29, 1.82) is 0 Å². The number of carboxylic acid groups (broad SMARTS) is 1. The van der Waals surface area contributed by atoms with E-state index < -0.39 is 5.97 Å². The van der Waals surface area contributed by atoms with E-state index in [1.54, 1.807) is 13.2 Å². The Kier molecular flexibility index (Phi) is 4.76. The van der Waals surface area contributed by atoms with E-state index in [0.717, 1.165) is 18.8 Å². The van der Waals surface area contributed by atoms with Crippen LogP contribution in [0.25, 0.3) is 0 Å². The molecule has 1 aliphatic rings. The van der Waals surface area contributed by atoms with Gasteiger partial charge in [0.2, 0.25) is 0 Å². The average Bonchev–Trinajstić information content (AvgIpc) is 2.43. The summed E-state index contributed by atoms with van der Waals surface area (Å²) < 4.78 is 5.13. The van der Waals surface area contributed by atoms with Crippen LogP contribution in [0.3, 0.4) is 0 Å². The number of nitrogens with zero attached hydrogens (tertiary/aromatic N) is 1. The molecule has 4 heteroatoms. The highest BCUT2D eigenvalue weighted by molar-refractivity contribution is 5.95. The predicted molar refractivity (Wildman–Crippen MR) is 84.4 cm³/mol. The highest BCUT2D eigenvalue weighted by atomic mass is 16.5. The molecular formula is C17H25NO3. The molecule has 0 saturated carbocycles. The van der Waals surface area contributed by atoms with E-state index in [2.05, 4.69) is 18.7 Å². The van der Waals surface area contributed by atoms with Gasteiger partial charge in [-0.15, -0.1) is 0 Å². The van der Waals surface area contributed by atoms with Crippen molar-refractivity contribution < 1.29 is 14.6 Å². The zero-order valence-corrected chi connectivity index (χ0v) is 13.2. The Labute approximate surface area is 126 Å². The number of aromatic carboxylic acids is 1. The van der Waals surface area contributed by atoms with Crippen LogP contribution >= 0.6 is 0 Å². The van der Waals surface area contributed by atoms with Gasteiger partial charge in [-0.1, -0.05) is 26.7 Å². The number of anilines is 1. The summed E-state index contributed by atoms with van der Waals surface area (Å²) in [4.78, 5) is 13.7. The number of benzene rings is 1. The topological polar surface area (TPSA) is 49.8 Å². The maximum Gasteiger partial charge on any atom is 0.337 e. The van der Waals surface area contributed by atoms with Gasteiger partial charge in [-0.3, -0.25) is 0 Å². The fourth-order valence-corrected chi connectivity index (χ4v) is 3.52. The second kappa shape index (κ2) is 6.37. The third kappa shape index (κ3) is 3.14. The molecular weight excluding hydrogens is 266 g/mol. The number of hydrogen-bond acceptors (Lipinski definition) is 3. The molecule has 0 unspecified atom stereocenters. The molecule has 2 rings (SSSR count). The van der Waals surface area contributed by atoms with Crippen molar-refractivity contribution in [2.75, 3.05) is 25.1 Å². The van der Waals surface area contributed by atoms with Crippen molar-refractivity contribution in [3.63, 3.8) is 0 Å². The van der Waals surface area contributed by atoms with Crippen LogP contribution in [-0.4, -0.2) is 31.3 Å². The van der Waals surface area contributed by atoms with Crippen LogP contribution in [0.2, 0.25) is 0 Å². The minimum Gasteiger partial charge on any atom is -0.497 e. The lowest BCUT2D eigenvalue weighted by Gasteiger charge is -2.52. The van der Waals surface area contributed by atoms with Gasteiger partial charge in [-0.2, -0.15) is 0 Å². The third-order valence-electron chi connectivity index (χ3n) is 4.39. The van der Waals surface area contributed by atoms with E-state index in [1.165, 1.54) is 25.7 Å². The molecule has 1 aromatic rings. The quantitative estimate of drug-likeness (QED) is 0.830. The first-order chi connectivity index (χ1) is 10.0. The first-order valence-electron chi connectivity index (χ1n) is 7.71. The summed E-state index contributed by atoms with van der Waals surface area (Å²) in [5.74, 6) is -0.308. The minimum atomic E-state index is -0.896. The molecule has 4 nitrogen and oxygen atoms in total. The minimum absolute atomic E-state index is 0.330. The average molecular weight is 291 g/mol. The van der Waals surface area contributed by atoms with Gasteiger partial charge in [0.15, 0.2) is 0 Å². The monoisotopic (exact) mass is 291 g/mol. The van der Waals surface area contributed by atoms with Gasteiger partial charge < -0.3 is 14.7 Å². The number of methoxy groups -OCH3 is 1. The second-order valence-corrected chi connectivity index (χ2v) is 6.04. The number of carbonyl (C=O) groups is 1. The van der Waals surface area contributed by atoms with E-state index in [1.807, 2.05) is 12.1 Å². The van der Waals surface area contributed by atoms with Crippen molar-refractivity contribution in [3.05, 3.63) is 23.8 Å². The molecule has 1 fully saturated rings. The van der Waals surface area contributed by atoms with Gasteiger partial charge in [0.05, 0.1) is 18.4 Å². The summed E-state index contributed by atoms with van der Waals surface area (Å²) in [6, 6.07) is 5.31. The predicted octanol–water partition coefficient (Wildman–Crippen LogP) is 3.80. The Morgan fingerprint density at radius 1 is 1.29 bits per heavy atom. The number of carboxylic acids is 1. The van der Waals surface area contributed by atoms with Crippen LogP contribution in [0.4, 0.5) is 5.69 Å². The molecule has 0 radical (unpaired) electrons. The van der Waals surface area contributed by atoms with Crippen LogP contribution in [0.1, 0.15) is 49.9 Å². The lowest BCUT2D eigenvalue weighted by molar-refractivity contribution is 0.0695. The first kappa shape index (κ1) is 15.7. The second-order valence-electron chi connectivity index (χ2n) is 6.04. The van der Waals surface area contributed by atoms with Gasteiger partial charge >= 0.3 is 5.97 Å². The van der Waals surface area contributed by atoms with E-state index >= 15 is 0 Å². The van der Waals surface area contributed by atoms with Crippen molar-refractivity contribution in [2.24, 2.45) is 5.41 Å². The normalized spacial score (nSPS) is 16.4. The van der Waals surface area contributed by atoms with Gasteiger partial charge in [0.1, 0.15) is 5.75 Å². The summed E-state index contributed by atoms with van der Waals surface area (Å²) in [6.07, 6.45) is 4.80. The Hall–Kier alpha value is -1.71. The molecule has 0 spiro atoms. The molecule has 0 atom stereocenters. The molecule has 1 aromatic carbocycles. The molecule has 1 aliphatic heterocycles. The summed E-state index contributed by atoms with van der Waals surface area (Å²) >= 11 is 0. The maximum absolute atomic E-state index is 11.5. The van der Waals surface area contributed by atoms with Crippen LogP contribution in [-0.2, 0) is 0 Å². The van der Waals surface area contributed by atoms with Crippen LogP contribution in [0.15, 0.2) is 18.2 Å². The molecule has 1 heterocycles. The van der Waals surface area contributed by atoms with Crippen LogP contribution < -0.4 is 9.64 Å². The van der Waals surface area contributed by atoms with E-state index in [4.69, 9.17) is 4.74 Å². The SMILES string of the molecule is CCCC1(CCC)CN(c2ccc(OC)cc2C(=O)O)C1. The fraction of sp³-hybridized carbons (Fsp3) is 0.588. The Balaban J connectivity index is 2.19. The van der Waals surface area contributed by atoms with E-state index in [0.29, 0.717) is 16.7 Å². The van der Waals surface area contributed by atoms with E-state index in [9.17, 15) is 9.90 Å². The van der Waals surface area contributed by atoms with Gasteiger partial charge in [-0.25, -0.2) is 4.79 Å². The molecule has 0 bridgehead atoms. The third-order valence-corrected chi connectivity index (χ3v) is 4.39. The van der Waals surface area contributed by atoms with Gasteiger partial charge in [0, 0.05) is 18.5 Å². The summed E-state index contributed by atoms with van der Waals surface area (Å²) in [6.45, 7) is 6.36. The highest BCUT2D eigenvalue weighted by Crippen LogP contribution is 2.43. The first-order valence-corrected chi connectivity index (χ1v) is 7.71. The van der Waals surface area contributed by atoms with Gasteiger partial charge in [0.25, 0.3) is 0 Å². The molecule has 0 amide bonds. The standard InChI is InChI=1S/C17H25NO3/c1-4-8-17(9-5-2)11-18(12-17)15-7-6-13(21-3)10-14(15)16(19)20/h6-7,10H,4-5,8-9,11-12H2,1-3H3,(H,19,20). The Bertz CT molecular complexity index is 499. The lowest BCUT2D eigenvalue weighted by Crippen LogP contribution is -2.56. The molecule has 116 valence electrons. The summed E-state index contributed by atoms with van der Waals surface area (Å²) in [7, 11) is 1.55. The van der Waals surface area contributed by atoms with E-state index in [-0.39, 0.29) is 0 Å². The van der Waals surface area contributed by atoms with Crippen molar-refractivity contribution >= 4 is 11.7 Å². The Morgan fingerprint density at radius 3 is 2.38 bits per heavy atom. The maximum atomic E-state index is 11.5. The number of hydrogen-bond donors (Lipinski definition) is 1. The van der Waals surface area contributed by atoms with Gasteiger partial charge in [-0.05, 0) is 31.0 Å². The highest BCUT2D eigenvalue weighted by Gasteiger charge is 2.42. The lowest BCUT2D eigenvalue weighted by atomic mass is 9.72. The van der Waals surface area contributed by atoms with Crippen molar-refractivity contribution in [2.45, 2.75) is 39.5 Å². The molecule has 21 heavy (non-hydrogen) atoms. The zero-order chi connectivity index (χ0) is 15.5. The summed E-state index contributed by atoms with van der Waals surface area (Å²) in [5, 5.41) is 9.41. The van der Waals surface area contributed by atoms with Crippen molar-refractivity contribution in [1.82, 2.24) is 0 Å². The van der Waals surface area contributed by atoms with Crippen molar-refractivity contribution in [3.8, 4) is 5.75 Å². The summed E-state index contributed by atoms with van der Waals surface area (Å²) in [5.41, 5.74) is 1.52. The molecule has 1 N–H and O–H groups in total. The molecule has 1 saturated heterocycles. The Morgan fingerprint density at radius 2 is 1.90 bits per heavy atom. The number of ether oxygens (including phenoxy) is 1.